The summed E-state index contributed by atoms with van der Waals surface area (Å²) in [7, 11) is 1.56. The van der Waals surface area contributed by atoms with E-state index < -0.39 is 17.3 Å². The number of methoxy groups -OCH3 is 1. The number of esters is 1. The maximum absolute atomic E-state index is 13.3. The number of carboxylic acids is 1. The monoisotopic (exact) mass is 427 g/mol. The molecule has 2 aliphatic rings. The van der Waals surface area contributed by atoms with Gasteiger partial charge in [-0.2, -0.15) is 0 Å². The van der Waals surface area contributed by atoms with Crippen molar-refractivity contribution in [3.63, 3.8) is 0 Å². The van der Waals surface area contributed by atoms with E-state index >= 15 is 0 Å². The summed E-state index contributed by atoms with van der Waals surface area (Å²) in [6.45, 7) is 2.96. The Bertz CT molecular complexity index is 574. The van der Waals surface area contributed by atoms with Gasteiger partial charge in [-0.05, 0) is 45.4 Å². The molecule has 0 radical (unpaired) electrons. The van der Waals surface area contributed by atoms with Gasteiger partial charge in [0.2, 0.25) is 5.91 Å². The van der Waals surface area contributed by atoms with Gasteiger partial charge in [-0.15, -0.1) is 0 Å². The molecule has 8 heteroatoms. The van der Waals surface area contributed by atoms with E-state index in [0.717, 1.165) is 32.1 Å². The third-order valence-electron chi connectivity index (χ3n) is 6.41. The van der Waals surface area contributed by atoms with Gasteiger partial charge in [-0.25, -0.2) is 0 Å². The first-order valence-electron chi connectivity index (χ1n) is 11.2. The first-order chi connectivity index (χ1) is 14.4. The Morgan fingerprint density at radius 1 is 1.13 bits per heavy atom. The Morgan fingerprint density at radius 2 is 1.87 bits per heavy atom. The van der Waals surface area contributed by atoms with Crippen molar-refractivity contribution in [1.29, 1.82) is 0 Å². The van der Waals surface area contributed by atoms with E-state index in [1.165, 1.54) is 0 Å². The Kier molecular flexibility index (Phi) is 10.0. The van der Waals surface area contributed by atoms with Crippen molar-refractivity contribution < 1.29 is 33.7 Å². The molecule has 0 saturated heterocycles. The summed E-state index contributed by atoms with van der Waals surface area (Å²) in [5.41, 5.74) is -0.676. The van der Waals surface area contributed by atoms with Crippen LogP contribution in [0.3, 0.4) is 0 Å². The van der Waals surface area contributed by atoms with Gasteiger partial charge in [-0.1, -0.05) is 19.3 Å². The fraction of sp³-hybridized carbons (Fsp3) is 0.864. The fourth-order valence-corrected chi connectivity index (χ4v) is 4.77. The van der Waals surface area contributed by atoms with Gasteiger partial charge in [0.05, 0.1) is 43.7 Å². The van der Waals surface area contributed by atoms with E-state index in [0.29, 0.717) is 39.1 Å². The van der Waals surface area contributed by atoms with Crippen LogP contribution in [-0.2, 0) is 28.6 Å². The number of aliphatic carboxylic acids is 1. The second-order valence-electron chi connectivity index (χ2n) is 8.58. The number of hydrogen-bond donors (Lipinski definition) is 2. The van der Waals surface area contributed by atoms with Gasteiger partial charge < -0.3 is 24.6 Å². The second kappa shape index (κ2) is 12.2. The van der Waals surface area contributed by atoms with Gasteiger partial charge in [0, 0.05) is 13.2 Å². The average molecular weight is 428 g/mol. The lowest BCUT2D eigenvalue weighted by atomic mass is 9.76. The summed E-state index contributed by atoms with van der Waals surface area (Å²) in [5, 5.41) is 12.8. The number of hydrogen-bond acceptors (Lipinski definition) is 6. The summed E-state index contributed by atoms with van der Waals surface area (Å²) < 4.78 is 15.5. The van der Waals surface area contributed by atoms with E-state index in [4.69, 9.17) is 14.2 Å². The normalized spacial score (nSPS) is 24.2. The minimum atomic E-state index is -0.938. The van der Waals surface area contributed by atoms with Gasteiger partial charge in [0.25, 0.3) is 0 Å². The predicted molar refractivity (Wildman–Crippen MR) is 110 cm³/mol. The molecule has 1 amide bonds. The topological polar surface area (TPSA) is 111 Å². The van der Waals surface area contributed by atoms with Crippen molar-refractivity contribution in [3.8, 4) is 0 Å². The molecule has 0 aromatic heterocycles. The van der Waals surface area contributed by atoms with Crippen LogP contribution in [0.25, 0.3) is 0 Å². The minimum Gasteiger partial charge on any atom is -0.481 e. The lowest BCUT2D eigenvalue weighted by molar-refractivity contribution is -0.151. The second-order valence-corrected chi connectivity index (χ2v) is 8.58. The molecule has 8 nitrogen and oxygen atoms in total. The fourth-order valence-electron chi connectivity index (χ4n) is 4.77. The molecule has 172 valence electrons. The molecule has 3 atom stereocenters. The number of carboxylic acid groups (broad SMARTS) is 1. The van der Waals surface area contributed by atoms with Crippen LogP contribution >= 0.6 is 0 Å². The van der Waals surface area contributed by atoms with E-state index in [2.05, 4.69) is 5.32 Å². The third-order valence-corrected chi connectivity index (χ3v) is 6.41. The van der Waals surface area contributed by atoms with Crippen LogP contribution < -0.4 is 5.32 Å². The number of nitrogens with one attached hydrogen (secondary N) is 1. The molecule has 2 saturated carbocycles. The van der Waals surface area contributed by atoms with Crippen molar-refractivity contribution in [2.24, 2.45) is 17.3 Å². The van der Waals surface area contributed by atoms with E-state index in [9.17, 15) is 19.5 Å². The zero-order chi connectivity index (χ0) is 22.0. The minimum absolute atomic E-state index is 0.0700. The molecule has 2 N–H and O–H groups in total. The highest BCUT2D eigenvalue weighted by Gasteiger charge is 2.45. The molecular weight excluding hydrogens is 390 g/mol. The Morgan fingerprint density at radius 3 is 2.50 bits per heavy atom. The van der Waals surface area contributed by atoms with Gasteiger partial charge in [0.15, 0.2) is 0 Å². The molecule has 2 aliphatic carbocycles. The standard InChI is InChI=1S/C22H37NO7/c1-3-30-20(26)16-7-6-8-18(13-16)23-21(27)22(9-4-5-10-22)14-17(19(24)25)15-29-12-11-28-2/h16-18H,3-15H2,1-2H3,(H,23,27)(H,24,25)/t16-,17?,18+/m0/s1. The average Bonchev–Trinajstić information content (AvgIpc) is 3.20. The van der Waals surface area contributed by atoms with Crippen LogP contribution in [0.4, 0.5) is 0 Å². The lowest BCUT2D eigenvalue weighted by Crippen LogP contribution is -2.48. The molecule has 2 fully saturated rings. The lowest BCUT2D eigenvalue weighted by Gasteiger charge is -2.34. The zero-order valence-corrected chi connectivity index (χ0v) is 18.3. The van der Waals surface area contributed by atoms with Crippen molar-refractivity contribution in [2.45, 2.75) is 70.8 Å². The van der Waals surface area contributed by atoms with Crippen molar-refractivity contribution in [1.82, 2.24) is 5.32 Å². The first kappa shape index (κ1) is 24.6. The molecule has 1 unspecified atom stereocenters. The summed E-state index contributed by atoms with van der Waals surface area (Å²) in [5.74, 6) is -2.11. The highest BCUT2D eigenvalue weighted by molar-refractivity contribution is 5.84. The molecule has 0 bridgehead atoms. The number of rotatable bonds is 12. The van der Waals surface area contributed by atoms with Gasteiger partial charge >= 0.3 is 11.9 Å². The molecule has 0 heterocycles. The van der Waals surface area contributed by atoms with Crippen LogP contribution in [0.15, 0.2) is 0 Å². The molecule has 0 aromatic rings. The van der Waals surface area contributed by atoms with Crippen LogP contribution in [0.5, 0.6) is 0 Å². The van der Waals surface area contributed by atoms with Gasteiger partial charge in [0.1, 0.15) is 0 Å². The smallest absolute Gasteiger partial charge is 0.308 e. The Hall–Kier alpha value is -1.67. The van der Waals surface area contributed by atoms with Gasteiger partial charge in [-0.3, -0.25) is 14.4 Å². The van der Waals surface area contributed by atoms with Crippen molar-refractivity contribution in [3.05, 3.63) is 0 Å². The van der Waals surface area contributed by atoms with Crippen LogP contribution in [0.1, 0.15) is 64.7 Å². The number of amides is 1. The highest BCUT2D eigenvalue weighted by Crippen LogP contribution is 2.44. The van der Waals surface area contributed by atoms with E-state index in [1.807, 2.05) is 0 Å². The van der Waals surface area contributed by atoms with E-state index in [-0.39, 0.29) is 36.9 Å². The largest absolute Gasteiger partial charge is 0.481 e. The van der Waals surface area contributed by atoms with Crippen molar-refractivity contribution in [2.75, 3.05) is 33.5 Å². The van der Waals surface area contributed by atoms with Crippen LogP contribution in [-0.4, -0.2) is 62.5 Å². The number of carbonyl (C=O) groups is 3. The predicted octanol–water partition coefficient (Wildman–Crippen LogP) is 2.54. The number of ether oxygens (including phenoxy) is 3. The molecule has 0 spiro atoms. The Balaban J connectivity index is 1.98. The van der Waals surface area contributed by atoms with Crippen LogP contribution in [0, 0.1) is 17.3 Å². The summed E-state index contributed by atoms with van der Waals surface area (Å²) in [6.07, 6.45) is 6.56. The Labute approximate surface area is 179 Å². The quantitative estimate of drug-likeness (QED) is 0.364. The molecule has 2 rings (SSSR count). The maximum Gasteiger partial charge on any atom is 0.308 e. The molecule has 0 aromatic carbocycles. The third kappa shape index (κ3) is 6.94. The van der Waals surface area contributed by atoms with E-state index in [1.54, 1.807) is 14.0 Å². The SMILES string of the molecule is CCOC(=O)[C@H]1CCC[C@@H](NC(=O)C2(CC(COCCOC)C(=O)O)CCCC2)C1. The maximum atomic E-state index is 13.3. The first-order valence-corrected chi connectivity index (χ1v) is 11.2. The van der Waals surface area contributed by atoms with Crippen LogP contribution in [0.2, 0.25) is 0 Å². The zero-order valence-electron chi connectivity index (χ0n) is 18.3. The number of carbonyl (C=O) groups excluding carboxylic acids is 2. The molecular formula is C22H37NO7. The summed E-state index contributed by atoms with van der Waals surface area (Å²) in [6, 6.07) is -0.0700. The summed E-state index contributed by atoms with van der Waals surface area (Å²) >= 11 is 0. The van der Waals surface area contributed by atoms with Crippen molar-refractivity contribution >= 4 is 17.8 Å². The molecule has 30 heavy (non-hydrogen) atoms. The summed E-state index contributed by atoms with van der Waals surface area (Å²) in [4.78, 5) is 37.2. The molecule has 0 aliphatic heterocycles. The highest BCUT2D eigenvalue weighted by atomic mass is 16.5.